The van der Waals surface area contributed by atoms with Gasteiger partial charge < -0.3 is 14.3 Å². The quantitative estimate of drug-likeness (QED) is 0.551. The van der Waals surface area contributed by atoms with E-state index in [0.717, 1.165) is 0 Å². The van der Waals surface area contributed by atoms with Crippen molar-refractivity contribution in [2.24, 2.45) is 0 Å². The molecule has 0 radical (unpaired) electrons. The lowest BCUT2D eigenvalue weighted by molar-refractivity contribution is 0.0746. The van der Waals surface area contributed by atoms with Gasteiger partial charge in [0.1, 0.15) is 12.3 Å². The van der Waals surface area contributed by atoms with E-state index in [9.17, 15) is 0 Å². The van der Waals surface area contributed by atoms with Gasteiger partial charge in [-0.25, -0.2) is 4.98 Å². The van der Waals surface area contributed by atoms with E-state index in [0.29, 0.717) is 24.7 Å². The normalized spacial score (nSPS) is 23.5. The summed E-state index contributed by atoms with van der Waals surface area (Å²) in [6.45, 7) is 0.308. The summed E-state index contributed by atoms with van der Waals surface area (Å²) in [7, 11) is 0. The van der Waals surface area contributed by atoms with Gasteiger partial charge >= 0.3 is 5.95 Å². The molecule has 0 amide bonds. The van der Waals surface area contributed by atoms with E-state index >= 15 is 0 Å². The van der Waals surface area contributed by atoms with Crippen molar-refractivity contribution < 1.29 is 14.3 Å². The summed E-state index contributed by atoms with van der Waals surface area (Å²) < 4.78 is 9.86. The van der Waals surface area contributed by atoms with Crippen LogP contribution in [-0.4, -0.2) is 22.8 Å². The number of aliphatic hydroxyl groups is 1. The number of oxazole rings is 1. The molecular formula is C6H7NO3. The molecule has 54 valence electrons. The molecule has 2 rings (SSSR count). The van der Waals surface area contributed by atoms with Crippen molar-refractivity contribution in [3.8, 4) is 5.95 Å². The Hall–Kier alpha value is -1.03. The predicted octanol–water partition coefficient (Wildman–Crippen LogP) is -0.0296. The molecule has 0 spiro atoms. The average Bonchev–Trinajstić information content (AvgIpc) is 2.33. The highest BCUT2D eigenvalue weighted by molar-refractivity contribution is 5.17. The summed E-state index contributed by atoms with van der Waals surface area (Å²) in [5.74, 6) is 0.449. The molecule has 1 aliphatic heterocycles. The Morgan fingerprint density at radius 3 is 3.50 bits per heavy atom. The van der Waals surface area contributed by atoms with E-state index in [1.807, 2.05) is 0 Å². The Labute approximate surface area is 57.4 Å². The molecule has 1 N–H and O–H groups in total. The van der Waals surface area contributed by atoms with Crippen LogP contribution in [0.4, 0.5) is 0 Å². The zero-order valence-corrected chi connectivity index (χ0v) is 5.28. The first kappa shape index (κ1) is 5.73. The molecular weight excluding hydrogens is 134 g/mol. The lowest BCUT2D eigenvalue weighted by Gasteiger charge is -2.14. The van der Waals surface area contributed by atoms with Gasteiger partial charge in [-0.2, -0.15) is 0 Å². The molecule has 1 aromatic heterocycles. The van der Waals surface area contributed by atoms with Crippen molar-refractivity contribution in [2.75, 3.05) is 6.61 Å². The van der Waals surface area contributed by atoms with Gasteiger partial charge in [-0.15, -0.1) is 0 Å². The third-order valence-electron chi connectivity index (χ3n) is 1.44. The molecule has 10 heavy (non-hydrogen) atoms. The van der Waals surface area contributed by atoms with E-state index < -0.39 is 6.10 Å². The van der Waals surface area contributed by atoms with Gasteiger partial charge in [-0.1, -0.05) is 0 Å². The first-order valence-electron chi connectivity index (χ1n) is 3.09. The van der Waals surface area contributed by atoms with Crippen LogP contribution in [0.3, 0.4) is 0 Å². The number of ether oxygens (including phenoxy) is 1. The summed E-state index contributed by atoms with van der Waals surface area (Å²) in [6.07, 6.45) is 1.42. The van der Waals surface area contributed by atoms with Crippen LogP contribution < -0.4 is 4.74 Å². The lowest BCUT2D eigenvalue weighted by atomic mass is 10.2. The number of aliphatic hydroxyl groups excluding tert-OH is 1. The largest absolute Gasteiger partial charge is 0.461 e. The van der Waals surface area contributed by atoms with Crippen LogP contribution in [0.1, 0.15) is 5.69 Å². The summed E-state index contributed by atoms with van der Waals surface area (Å²) in [4.78, 5) is 3.86. The van der Waals surface area contributed by atoms with Crippen molar-refractivity contribution in [3.63, 3.8) is 0 Å². The highest BCUT2D eigenvalue weighted by Crippen LogP contribution is 2.22. The van der Waals surface area contributed by atoms with Crippen LogP contribution in [0.15, 0.2) is 10.8 Å². The maximum absolute atomic E-state index is 9.07. The highest BCUT2D eigenvalue weighted by atomic mass is 16.6. The van der Waals surface area contributed by atoms with Gasteiger partial charge in [0.05, 0.1) is 6.10 Å². The monoisotopic (exact) mass is 141 g/mol. The number of fused-ring (bicyclic) bond motifs is 1. The molecule has 4 nitrogen and oxygen atoms in total. The zero-order valence-electron chi connectivity index (χ0n) is 5.28. The fourth-order valence-electron chi connectivity index (χ4n) is 0.966. The predicted molar refractivity (Wildman–Crippen MR) is 31.7 cm³/mol. The zero-order chi connectivity index (χ0) is 6.97. The number of aromatic nitrogens is 1. The van der Waals surface area contributed by atoms with Crippen LogP contribution in [-0.2, 0) is 6.42 Å². The molecule has 0 aliphatic carbocycles. The van der Waals surface area contributed by atoms with Crippen molar-refractivity contribution >= 4 is 0 Å². The molecule has 0 saturated heterocycles. The van der Waals surface area contributed by atoms with Crippen LogP contribution >= 0.6 is 0 Å². The van der Waals surface area contributed by atoms with Crippen molar-refractivity contribution in [1.82, 2.24) is 4.98 Å². The molecule has 1 aromatic rings. The van der Waals surface area contributed by atoms with Crippen LogP contribution in [0.2, 0.25) is 0 Å². The SMILES string of the molecule is OC1COc2ocnc2C1. The Morgan fingerprint density at radius 1 is 1.70 bits per heavy atom. The van der Waals surface area contributed by atoms with Gasteiger partial charge in [0.2, 0.25) is 0 Å². The lowest BCUT2D eigenvalue weighted by Crippen LogP contribution is -2.24. The van der Waals surface area contributed by atoms with E-state index in [-0.39, 0.29) is 0 Å². The first-order chi connectivity index (χ1) is 4.86. The van der Waals surface area contributed by atoms with Crippen molar-refractivity contribution in [3.05, 3.63) is 12.1 Å². The Morgan fingerprint density at radius 2 is 2.60 bits per heavy atom. The maximum Gasteiger partial charge on any atom is 0.308 e. The van der Waals surface area contributed by atoms with Gasteiger partial charge in [0.15, 0.2) is 6.39 Å². The second kappa shape index (κ2) is 1.98. The second-order valence-corrected chi connectivity index (χ2v) is 2.26. The van der Waals surface area contributed by atoms with Crippen LogP contribution in [0.25, 0.3) is 0 Å². The highest BCUT2D eigenvalue weighted by Gasteiger charge is 2.20. The minimum Gasteiger partial charge on any atom is -0.461 e. The first-order valence-corrected chi connectivity index (χ1v) is 3.09. The molecule has 1 unspecified atom stereocenters. The Kier molecular flexibility index (Phi) is 1.14. The molecule has 2 heterocycles. The Bertz CT molecular complexity index is 233. The van der Waals surface area contributed by atoms with Gasteiger partial charge in [-0.05, 0) is 0 Å². The summed E-state index contributed by atoms with van der Waals surface area (Å²) in [6, 6.07) is 0. The smallest absolute Gasteiger partial charge is 0.308 e. The molecule has 1 atom stereocenters. The second-order valence-electron chi connectivity index (χ2n) is 2.26. The van der Waals surface area contributed by atoms with Gasteiger partial charge in [0, 0.05) is 6.42 Å². The van der Waals surface area contributed by atoms with Crippen molar-refractivity contribution in [1.29, 1.82) is 0 Å². The number of hydrogen-bond donors (Lipinski definition) is 1. The topological polar surface area (TPSA) is 55.5 Å². The Balaban J connectivity index is 2.30. The number of rotatable bonds is 0. The van der Waals surface area contributed by atoms with E-state index in [1.54, 1.807) is 0 Å². The van der Waals surface area contributed by atoms with Crippen LogP contribution in [0, 0.1) is 0 Å². The molecule has 0 bridgehead atoms. The standard InChI is InChI=1S/C6H7NO3/c8-4-1-5-6(9-2-4)10-3-7-5/h3-4,8H,1-2H2. The third kappa shape index (κ3) is 0.769. The summed E-state index contributed by atoms with van der Waals surface area (Å²) in [5, 5.41) is 9.07. The maximum atomic E-state index is 9.07. The fraction of sp³-hybridized carbons (Fsp3) is 0.500. The third-order valence-corrected chi connectivity index (χ3v) is 1.44. The van der Waals surface area contributed by atoms with Gasteiger partial charge in [0.25, 0.3) is 0 Å². The van der Waals surface area contributed by atoms with Crippen LogP contribution in [0.5, 0.6) is 5.95 Å². The summed E-state index contributed by atoms with van der Waals surface area (Å²) in [5.41, 5.74) is 0.707. The molecule has 0 saturated carbocycles. The number of nitrogens with zero attached hydrogens (tertiary/aromatic N) is 1. The fourth-order valence-corrected chi connectivity index (χ4v) is 0.966. The average molecular weight is 141 g/mol. The van der Waals surface area contributed by atoms with Crippen molar-refractivity contribution in [2.45, 2.75) is 12.5 Å². The molecule has 0 aromatic carbocycles. The van der Waals surface area contributed by atoms with Gasteiger partial charge in [-0.3, -0.25) is 0 Å². The molecule has 1 aliphatic rings. The molecule has 4 heteroatoms. The number of hydrogen-bond acceptors (Lipinski definition) is 4. The minimum absolute atomic E-state index is 0.308. The minimum atomic E-state index is -0.433. The summed E-state index contributed by atoms with van der Waals surface area (Å²) >= 11 is 0. The van der Waals surface area contributed by atoms with E-state index in [4.69, 9.17) is 14.3 Å². The molecule has 0 fully saturated rings. The van der Waals surface area contributed by atoms with E-state index in [1.165, 1.54) is 6.39 Å². The van der Waals surface area contributed by atoms with E-state index in [2.05, 4.69) is 4.98 Å².